The standard InChI is InChI=1S/C14H23ClN2O2/c1-4-6-16-10-12(15)9-13(16)14(19)17(11(2)3)7-5-8-18/h9-11,18H,4-8H2,1-3H3. The molecule has 1 aromatic heterocycles. The van der Waals surface area contributed by atoms with Crippen LogP contribution in [0.2, 0.25) is 5.02 Å². The van der Waals surface area contributed by atoms with Gasteiger partial charge in [-0.05, 0) is 32.8 Å². The minimum atomic E-state index is -0.0243. The van der Waals surface area contributed by atoms with E-state index in [1.807, 2.05) is 18.4 Å². The fourth-order valence-corrected chi connectivity index (χ4v) is 2.28. The topological polar surface area (TPSA) is 45.5 Å². The quantitative estimate of drug-likeness (QED) is 0.838. The van der Waals surface area contributed by atoms with Crippen molar-refractivity contribution in [2.45, 2.75) is 46.2 Å². The highest BCUT2D eigenvalue weighted by Crippen LogP contribution is 2.18. The molecule has 0 aliphatic carbocycles. The fraction of sp³-hybridized carbons (Fsp3) is 0.643. The molecule has 19 heavy (non-hydrogen) atoms. The predicted molar refractivity (Wildman–Crippen MR) is 77.6 cm³/mol. The summed E-state index contributed by atoms with van der Waals surface area (Å²) in [7, 11) is 0. The van der Waals surface area contributed by atoms with Crippen LogP contribution in [0.25, 0.3) is 0 Å². The van der Waals surface area contributed by atoms with Crippen molar-refractivity contribution in [3.05, 3.63) is 23.0 Å². The van der Waals surface area contributed by atoms with Gasteiger partial charge in [-0.2, -0.15) is 0 Å². The van der Waals surface area contributed by atoms with Gasteiger partial charge in [0.1, 0.15) is 5.69 Å². The van der Waals surface area contributed by atoms with Gasteiger partial charge in [-0.25, -0.2) is 0 Å². The van der Waals surface area contributed by atoms with Crippen molar-refractivity contribution in [3.8, 4) is 0 Å². The number of carbonyl (C=O) groups is 1. The van der Waals surface area contributed by atoms with Crippen LogP contribution in [0.15, 0.2) is 12.3 Å². The highest BCUT2D eigenvalue weighted by molar-refractivity contribution is 6.31. The van der Waals surface area contributed by atoms with Gasteiger partial charge in [0.15, 0.2) is 0 Å². The second-order valence-electron chi connectivity index (χ2n) is 4.91. The molecule has 108 valence electrons. The van der Waals surface area contributed by atoms with Crippen molar-refractivity contribution in [1.29, 1.82) is 0 Å². The molecule has 0 unspecified atom stereocenters. The zero-order valence-corrected chi connectivity index (χ0v) is 12.7. The molecule has 0 spiro atoms. The Labute approximate surface area is 120 Å². The molecule has 0 aliphatic heterocycles. The molecule has 0 saturated heterocycles. The summed E-state index contributed by atoms with van der Waals surface area (Å²) in [5.74, 6) is -0.0243. The fourth-order valence-electron chi connectivity index (χ4n) is 2.06. The van der Waals surface area contributed by atoms with Gasteiger partial charge < -0.3 is 14.6 Å². The van der Waals surface area contributed by atoms with Crippen LogP contribution >= 0.6 is 11.6 Å². The maximum atomic E-state index is 12.6. The smallest absolute Gasteiger partial charge is 0.270 e. The molecular formula is C14H23ClN2O2. The van der Waals surface area contributed by atoms with Gasteiger partial charge in [0, 0.05) is 31.9 Å². The Balaban J connectivity index is 2.95. The zero-order chi connectivity index (χ0) is 14.4. The maximum absolute atomic E-state index is 12.6. The van der Waals surface area contributed by atoms with Gasteiger partial charge in [-0.1, -0.05) is 18.5 Å². The second-order valence-corrected chi connectivity index (χ2v) is 5.34. The second kappa shape index (κ2) is 7.56. The summed E-state index contributed by atoms with van der Waals surface area (Å²) in [5.41, 5.74) is 0.624. The van der Waals surface area contributed by atoms with Crippen LogP contribution in [0.1, 0.15) is 44.1 Å². The van der Waals surface area contributed by atoms with E-state index >= 15 is 0 Å². The van der Waals surface area contributed by atoms with Gasteiger partial charge in [0.2, 0.25) is 0 Å². The average molecular weight is 287 g/mol. The van der Waals surface area contributed by atoms with Crippen LogP contribution in [0.4, 0.5) is 0 Å². The molecule has 0 aliphatic rings. The molecule has 1 N–H and O–H groups in total. The number of carbonyl (C=O) groups excluding carboxylic acids is 1. The van der Waals surface area contributed by atoms with E-state index in [9.17, 15) is 4.79 Å². The highest BCUT2D eigenvalue weighted by Gasteiger charge is 2.21. The third-order valence-electron chi connectivity index (χ3n) is 2.99. The van der Waals surface area contributed by atoms with Crippen LogP contribution in [0.3, 0.4) is 0 Å². The summed E-state index contributed by atoms with van der Waals surface area (Å²) in [4.78, 5) is 14.3. The van der Waals surface area contributed by atoms with E-state index < -0.39 is 0 Å². The molecule has 0 saturated carbocycles. The van der Waals surface area contributed by atoms with Crippen LogP contribution in [0.5, 0.6) is 0 Å². The molecule has 1 rings (SSSR count). The number of aliphatic hydroxyl groups excluding tert-OH is 1. The zero-order valence-electron chi connectivity index (χ0n) is 11.9. The first-order valence-electron chi connectivity index (χ1n) is 6.78. The van der Waals surface area contributed by atoms with Crippen molar-refractivity contribution >= 4 is 17.5 Å². The molecule has 0 aromatic carbocycles. The molecule has 1 heterocycles. The molecule has 0 radical (unpaired) electrons. The molecule has 5 heteroatoms. The molecular weight excluding hydrogens is 264 g/mol. The number of halogens is 1. The van der Waals surface area contributed by atoms with Crippen LogP contribution in [-0.4, -0.2) is 39.7 Å². The van der Waals surface area contributed by atoms with E-state index in [1.165, 1.54) is 0 Å². The SMILES string of the molecule is CCCn1cc(Cl)cc1C(=O)N(CCCO)C(C)C. The Kier molecular flexibility index (Phi) is 6.38. The Morgan fingerprint density at radius 2 is 2.21 bits per heavy atom. The van der Waals surface area contributed by atoms with E-state index in [-0.39, 0.29) is 18.6 Å². The molecule has 1 amide bonds. The van der Waals surface area contributed by atoms with E-state index in [2.05, 4.69) is 6.92 Å². The number of nitrogens with zero attached hydrogens (tertiary/aromatic N) is 2. The van der Waals surface area contributed by atoms with Crippen molar-refractivity contribution in [2.75, 3.05) is 13.2 Å². The Hall–Kier alpha value is -1.00. The lowest BCUT2D eigenvalue weighted by atomic mass is 10.2. The van der Waals surface area contributed by atoms with E-state index in [0.717, 1.165) is 13.0 Å². The third-order valence-corrected chi connectivity index (χ3v) is 3.19. The van der Waals surface area contributed by atoms with E-state index in [4.69, 9.17) is 16.7 Å². The first-order valence-corrected chi connectivity index (χ1v) is 7.16. The van der Waals surface area contributed by atoms with Crippen molar-refractivity contribution in [1.82, 2.24) is 9.47 Å². The number of aromatic nitrogens is 1. The molecule has 1 aromatic rings. The van der Waals surface area contributed by atoms with Crippen molar-refractivity contribution in [3.63, 3.8) is 0 Å². The number of aliphatic hydroxyl groups is 1. The Bertz CT molecular complexity index is 416. The molecule has 0 atom stereocenters. The lowest BCUT2D eigenvalue weighted by Gasteiger charge is -2.27. The monoisotopic (exact) mass is 286 g/mol. The average Bonchev–Trinajstić information content (AvgIpc) is 2.70. The van der Waals surface area contributed by atoms with Crippen LogP contribution < -0.4 is 0 Å². The number of hydrogen-bond acceptors (Lipinski definition) is 2. The minimum Gasteiger partial charge on any atom is -0.396 e. The summed E-state index contributed by atoms with van der Waals surface area (Å²) in [6.45, 7) is 7.44. The summed E-state index contributed by atoms with van der Waals surface area (Å²) >= 11 is 6.00. The van der Waals surface area contributed by atoms with Crippen molar-refractivity contribution in [2.24, 2.45) is 0 Å². The maximum Gasteiger partial charge on any atom is 0.270 e. The van der Waals surface area contributed by atoms with Crippen LogP contribution in [0, 0.1) is 0 Å². The third kappa shape index (κ3) is 4.25. The number of hydrogen-bond donors (Lipinski definition) is 1. The first kappa shape index (κ1) is 16.1. The Morgan fingerprint density at radius 1 is 1.53 bits per heavy atom. The predicted octanol–water partition coefficient (Wildman–Crippen LogP) is 2.78. The van der Waals surface area contributed by atoms with Crippen LogP contribution in [-0.2, 0) is 6.54 Å². The lowest BCUT2D eigenvalue weighted by molar-refractivity contribution is 0.0682. The first-order chi connectivity index (χ1) is 9.01. The van der Waals surface area contributed by atoms with Gasteiger partial charge in [0.05, 0.1) is 5.02 Å². The largest absolute Gasteiger partial charge is 0.396 e. The van der Waals surface area contributed by atoms with Gasteiger partial charge in [0.25, 0.3) is 5.91 Å². The van der Waals surface area contributed by atoms with Gasteiger partial charge in [-0.3, -0.25) is 4.79 Å². The molecule has 4 nitrogen and oxygen atoms in total. The Morgan fingerprint density at radius 3 is 2.74 bits per heavy atom. The number of rotatable bonds is 7. The summed E-state index contributed by atoms with van der Waals surface area (Å²) in [6, 6.07) is 1.82. The molecule has 0 bridgehead atoms. The summed E-state index contributed by atoms with van der Waals surface area (Å²) in [5, 5.41) is 9.51. The minimum absolute atomic E-state index is 0.0243. The molecule has 0 fully saturated rings. The summed E-state index contributed by atoms with van der Waals surface area (Å²) in [6.07, 6.45) is 3.33. The number of amides is 1. The van der Waals surface area contributed by atoms with E-state index in [0.29, 0.717) is 23.7 Å². The van der Waals surface area contributed by atoms with Gasteiger partial charge in [-0.15, -0.1) is 0 Å². The van der Waals surface area contributed by atoms with E-state index in [1.54, 1.807) is 17.2 Å². The normalized spacial score (nSPS) is 11.1. The highest BCUT2D eigenvalue weighted by atomic mass is 35.5. The van der Waals surface area contributed by atoms with Crippen molar-refractivity contribution < 1.29 is 9.90 Å². The van der Waals surface area contributed by atoms with Gasteiger partial charge >= 0.3 is 0 Å². The number of aryl methyl sites for hydroxylation is 1. The lowest BCUT2D eigenvalue weighted by Crippen LogP contribution is -2.39. The summed E-state index contributed by atoms with van der Waals surface area (Å²) < 4.78 is 1.90.